The van der Waals surface area contributed by atoms with Crippen LogP contribution in [0.3, 0.4) is 0 Å². The van der Waals surface area contributed by atoms with E-state index in [0.717, 1.165) is 5.56 Å². The molecule has 5 nitrogen and oxygen atoms in total. The van der Waals surface area contributed by atoms with Gasteiger partial charge in [-0.15, -0.1) is 0 Å². The molecule has 0 fully saturated rings. The first kappa shape index (κ1) is 11.4. The lowest BCUT2D eigenvalue weighted by Gasteiger charge is -2.14. The molecule has 0 amide bonds. The van der Waals surface area contributed by atoms with Crippen molar-refractivity contribution in [2.45, 2.75) is 5.33 Å². The minimum Gasteiger partial charge on any atom is -0.314 e. The highest BCUT2D eigenvalue weighted by atomic mass is 79.9. The molecule has 76 valence electrons. The Morgan fingerprint density at radius 1 is 1.20 bits per heavy atom. The summed E-state index contributed by atoms with van der Waals surface area (Å²) in [5, 5.41) is 17.8. The van der Waals surface area contributed by atoms with E-state index in [1.807, 2.05) is 12.1 Å². The summed E-state index contributed by atoms with van der Waals surface area (Å²) >= 11 is 3.28. The monoisotopic (exact) mass is 265 g/mol. The second-order valence-electron chi connectivity index (χ2n) is 2.70. The number of hydrogen-bond acceptors (Lipinski definition) is 5. The number of nitrogens with zero attached hydrogens (tertiary/aromatic N) is 5. The maximum absolute atomic E-state index is 8.56. The Morgan fingerprint density at radius 2 is 1.73 bits per heavy atom. The van der Waals surface area contributed by atoms with Gasteiger partial charge in [0.1, 0.15) is 13.1 Å². The van der Waals surface area contributed by atoms with Gasteiger partial charge >= 0.3 is 0 Å². The molecule has 0 aliphatic carbocycles. The quantitative estimate of drug-likeness (QED) is 0.605. The minimum atomic E-state index is 0.112. The summed E-state index contributed by atoms with van der Waals surface area (Å²) in [5.74, 6) is 0.405. The topological polar surface area (TPSA) is 76.6 Å². The highest BCUT2D eigenvalue weighted by Crippen LogP contribution is 2.08. The molecule has 1 heterocycles. The van der Waals surface area contributed by atoms with Gasteiger partial charge in [-0.05, 0) is 5.56 Å². The Hall–Kier alpha value is -1.66. The van der Waals surface area contributed by atoms with Crippen molar-refractivity contribution in [1.82, 2.24) is 9.97 Å². The number of alkyl halides is 1. The lowest BCUT2D eigenvalue weighted by atomic mass is 10.4. The fraction of sp³-hybridized carbons (Fsp3) is 0.333. The molecule has 0 unspecified atom stereocenters. The van der Waals surface area contributed by atoms with Gasteiger partial charge in [-0.25, -0.2) is 9.97 Å². The van der Waals surface area contributed by atoms with E-state index in [1.165, 1.54) is 4.90 Å². The largest absolute Gasteiger partial charge is 0.314 e. The standard InChI is InChI=1S/C9H8BrN5/c10-5-8-6-13-9(14-7-8)15(3-1-11)4-2-12/h6-7H,3-5H2. The first-order valence-electron chi connectivity index (χ1n) is 4.17. The van der Waals surface area contributed by atoms with E-state index in [9.17, 15) is 0 Å². The second-order valence-corrected chi connectivity index (χ2v) is 3.26. The van der Waals surface area contributed by atoms with Gasteiger partial charge in [0.05, 0.1) is 12.1 Å². The molecule has 0 N–H and O–H groups in total. The lowest BCUT2D eigenvalue weighted by molar-refractivity contribution is 0.893. The van der Waals surface area contributed by atoms with E-state index in [4.69, 9.17) is 10.5 Å². The smallest absolute Gasteiger partial charge is 0.226 e. The highest BCUT2D eigenvalue weighted by molar-refractivity contribution is 9.08. The van der Waals surface area contributed by atoms with Crippen LogP contribution in [0.25, 0.3) is 0 Å². The van der Waals surface area contributed by atoms with Crippen LogP contribution in [0, 0.1) is 22.7 Å². The van der Waals surface area contributed by atoms with Crippen LogP contribution in [0.15, 0.2) is 12.4 Å². The predicted octanol–water partition coefficient (Wildman–Crippen LogP) is 1.23. The maximum atomic E-state index is 8.56. The summed E-state index contributed by atoms with van der Waals surface area (Å²) < 4.78 is 0. The van der Waals surface area contributed by atoms with E-state index < -0.39 is 0 Å². The van der Waals surface area contributed by atoms with E-state index in [2.05, 4.69) is 25.9 Å². The zero-order chi connectivity index (χ0) is 11.1. The van der Waals surface area contributed by atoms with Crippen molar-refractivity contribution in [3.05, 3.63) is 18.0 Å². The van der Waals surface area contributed by atoms with Gasteiger partial charge in [-0.2, -0.15) is 10.5 Å². The average Bonchev–Trinajstić information content (AvgIpc) is 2.29. The molecule has 1 rings (SSSR count). The number of anilines is 1. The Morgan fingerprint density at radius 3 is 2.13 bits per heavy atom. The van der Waals surface area contributed by atoms with Gasteiger partial charge in [0.2, 0.25) is 5.95 Å². The summed E-state index contributed by atoms with van der Waals surface area (Å²) in [5.41, 5.74) is 0.951. The molecule has 0 aromatic carbocycles. The van der Waals surface area contributed by atoms with Crippen molar-refractivity contribution in [2.24, 2.45) is 0 Å². The fourth-order valence-corrected chi connectivity index (χ4v) is 1.24. The van der Waals surface area contributed by atoms with Crippen LogP contribution in [-0.2, 0) is 5.33 Å². The number of hydrogen-bond donors (Lipinski definition) is 0. The van der Waals surface area contributed by atoms with Crippen molar-refractivity contribution in [2.75, 3.05) is 18.0 Å². The predicted molar refractivity (Wildman–Crippen MR) is 58.1 cm³/mol. The molecule has 0 radical (unpaired) electrons. The molecular formula is C9H8BrN5. The van der Waals surface area contributed by atoms with E-state index in [0.29, 0.717) is 11.3 Å². The van der Waals surface area contributed by atoms with Gasteiger partial charge in [0.15, 0.2) is 0 Å². The Bertz CT molecular complexity index is 372. The van der Waals surface area contributed by atoms with Crippen molar-refractivity contribution < 1.29 is 0 Å². The van der Waals surface area contributed by atoms with Crippen LogP contribution in [0.5, 0.6) is 0 Å². The third-order valence-corrected chi connectivity index (χ3v) is 2.30. The molecule has 0 aliphatic rings. The summed E-state index contributed by atoms with van der Waals surface area (Å²) in [4.78, 5) is 9.65. The van der Waals surface area contributed by atoms with Crippen LogP contribution >= 0.6 is 15.9 Å². The fourth-order valence-electron chi connectivity index (χ4n) is 0.948. The van der Waals surface area contributed by atoms with Crippen molar-refractivity contribution in [1.29, 1.82) is 10.5 Å². The van der Waals surface area contributed by atoms with Gasteiger partial charge in [-0.3, -0.25) is 0 Å². The third-order valence-electron chi connectivity index (χ3n) is 1.65. The summed E-state index contributed by atoms with van der Waals surface area (Å²) in [6.07, 6.45) is 3.33. The molecule has 0 saturated carbocycles. The first-order valence-corrected chi connectivity index (χ1v) is 5.29. The normalized spacial score (nSPS) is 9.00. The number of rotatable bonds is 4. The molecule has 0 spiro atoms. The zero-order valence-corrected chi connectivity index (χ0v) is 9.48. The molecule has 0 atom stereocenters. The Kier molecular flexibility index (Phi) is 4.52. The first-order chi connectivity index (χ1) is 7.31. The molecule has 0 bridgehead atoms. The van der Waals surface area contributed by atoms with Crippen LogP contribution in [-0.4, -0.2) is 23.1 Å². The van der Waals surface area contributed by atoms with Crippen LogP contribution < -0.4 is 4.90 Å². The van der Waals surface area contributed by atoms with Crippen molar-refractivity contribution >= 4 is 21.9 Å². The van der Waals surface area contributed by atoms with Gasteiger partial charge in [-0.1, -0.05) is 15.9 Å². The van der Waals surface area contributed by atoms with Gasteiger partial charge in [0.25, 0.3) is 0 Å². The SMILES string of the molecule is N#CCN(CC#N)c1ncc(CBr)cn1. The Labute approximate surface area is 96.1 Å². The molecule has 1 aromatic rings. The molecule has 1 aromatic heterocycles. The molecule has 15 heavy (non-hydrogen) atoms. The average molecular weight is 266 g/mol. The minimum absolute atomic E-state index is 0.112. The molecular weight excluding hydrogens is 258 g/mol. The highest BCUT2D eigenvalue weighted by Gasteiger charge is 2.07. The second kappa shape index (κ2) is 5.94. The van der Waals surface area contributed by atoms with Gasteiger partial charge in [0, 0.05) is 17.7 Å². The van der Waals surface area contributed by atoms with Crippen LogP contribution in [0.1, 0.15) is 5.56 Å². The zero-order valence-electron chi connectivity index (χ0n) is 7.89. The molecule has 6 heteroatoms. The third kappa shape index (κ3) is 3.19. The molecule has 0 aliphatic heterocycles. The summed E-state index contributed by atoms with van der Waals surface area (Å²) in [6.45, 7) is 0.225. The van der Waals surface area contributed by atoms with E-state index in [1.54, 1.807) is 12.4 Å². The summed E-state index contributed by atoms with van der Waals surface area (Å²) in [7, 11) is 0. The number of nitriles is 2. The number of aromatic nitrogens is 2. The molecule has 0 saturated heterocycles. The van der Waals surface area contributed by atoms with Crippen molar-refractivity contribution in [3.63, 3.8) is 0 Å². The number of halogens is 1. The maximum Gasteiger partial charge on any atom is 0.226 e. The van der Waals surface area contributed by atoms with Crippen molar-refractivity contribution in [3.8, 4) is 12.1 Å². The lowest BCUT2D eigenvalue weighted by Crippen LogP contribution is -2.25. The van der Waals surface area contributed by atoms with Gasteiger partial charge < -0.3 is 4.90 Å². The van der Waals surface area contributed by atoms with Crippen LogP contribution in [0.2, 0.25) is 0 Å². The summed E-state index contributed by atoms with van der Waals surface area (Å²) in [6, 6.07) is 3.93. The van der Waals surface area contributed by atoms with E-state index in [-0.39, 0.29) is 13.1 Å². The van der Waals surface area contributed by atoms with Crippen LogP contribution in [0.4, 0.5) is 5.95 Å². The van der Waals surface area contributed by atoms with E-state index >= 15 is 0 Å². The Balaban J connectivity index is 2.83.